The van der Waals surface area contributed by atoms with Gasteiger partial charge in [-0.3, -0.25) is 0 Å². The minimum atomic E-state index is -0.971. The van der Waals surface area contributed by atoms with Gasteiger partial charge in [-0.15, -0.1) is 4.72 Å². The van der Waals surface area contributed by atoms with Crippen LogP contribution in [0.2, 0.25) is 0 Å². The first kappa shape index (κ1) is 16.0. The predicted molar refractivity (Wildman–Crippen MR) is 85.4 cm³/mol. The summed E-state index contributed by atoms with van der Waals surface area (Å²) >= 11 is 0.447. The summed E-state index contributed by atoms with van der Waals surface area (Å²) in [5.41, 5.74) is 0. The molecule has 0 amide bonds. The number of piperidine rings is 1. The third-order valence-corrected chi connectivity index (χ3v) is 5.59. The fourth-order valence-electron chi connectivity index (χ4n) is 2.21. The van der Waals surface area contributed by atoms with Crippen molar-refractivity contribution >= 4 is 28.8 Å². The molecule has 0 saturated carbocycles. The van der Waals surface area contributed by atoms with Crippen LogP contribution >= 0.6 is 11.5 Å². The molecule has 0 radical (unpaired) electrons. The normalized spacial score (nSPS) is 19.1. The first-order valence-corrected chi connectivity index (χ1v) is 9.53. The van der Waals surface area contributed by atoms with Crippen molar-refractivity contribution in [1.29, 1.82) is 0 Å². The number of nitrogens with zero attached hydrogens (tertiary/aromatic N) is 3. The SMILES string of the molecule is CCCC[S+]([O-])N[C@@H](C)c1nc(N2CCCCC2)ns1. The molecule has 0 bridgehead atoms. The Labute approximate surface area is 128 Å². The van der Waals surface area contributed by atoms with Gasteiger partial charge in [-0.05, 0) is 44.1 Å². The van der Waals surface area contributed by atoms with Crippen LogP contribution in [0.1, 0.15) is 57.0 Å². The quantitative estimate of drug-likeness (QED) is 0.784. The van der Waals surface area contributed by atoms with Crippen molar-refractivity contribution in [2.24, 2.45) is 0 Å². The maximum Gasteiger partial charge on any atom is 0.237 e. The Balaban J connectivity index is 1.87. The predicted octanol–water partition coefficient (Wildman–Crippen LogP) is 2.64. The highest BCUT2D eigenvalue weighted by molar-refractivity contribution is 7.89. The molecule has 1 aliphatic rings. The average Bonchev–Trinajstić information content (AvgIpc) is 2.96. The summed E-state index contributed by atoms with van der Waals surface area (Å²) in [6.45, 7) is 6.22. The lowest BCUT2D eigenvalue weighted by atomic mass is 10.1. The van der Waals surface area contributed by atoms with Gasteiger partial charge >= 0.3 is 0 Å². The zero-order chi connectivity index (χ0) is 14.4. The van der Waals surface area contributed by atoms with Crippen molar-refractivity contribution in [3.8, 4) is 0 Å². The van der Waals surface area contributed by atoms with Crippen LogP contribution in [-0.2, 0) is 11.4 Å². The lowest BCUT2D eigenvalue weighted by Gasteiger charge is -2.25. The molecule has 1 N–H and O–H groups in total. The molecule has 1 unspecified atom stereocenters. The Morgan fingerprint density at radius 3 is 2.85 bits per heavy atom. The molecule has 0 aliphatic carbocycles. The van der Waals surface area contributed by atoms with E-state index in [0.717, 1.165) is 36.9 Å². The summed E-state index contributed by atoms with van der Waals surface area (Å²) in [6, 6.07) is 0.00345. The van der Waals surface area contributed by atoms with E-state index < -0.39 is 11.4 Å². The molecule has 5 nitrogen and oxygen atoms in total. The Morgan fingerprint density at radius 1 is 1.40 bits per heavy atom. The molecule has 1 saturated heterocycles. The summed E-state index contributed by atoms with van der Waals surface area (Å²) in [5.74, 6) is 1.55. The van der Waals surface area contributed by atoms with Crippen molar-refractivity contribution < 1.29 is 4.55 Å². The Kier molecular flexibility index (Phi) is 6.54. The van der Waals surface area contributed by atoms with Gasteiger partial charge in [0.1, 0.15) is 16.8 Å². The molecule has 1 aromatic heterocycles. The van der Waals surface area contributed by atoms with Gasteiger partial charge in [0.25, 0.3) is 0 Å². The van der Waals surface area contributed by atoms with Crippen LogP contribution in [-0.4, -0.2) is 32.8 Å². The Bertz CT molecular complexity index is 395. The Hall–Kier alpha value is -0.370. The maximum absolute atomic E-state index is 11.8. The third kappa shape index (κ3) is 4.58. The number of hydrogen-bond acceptors (Lipinski definition) is 6. The van der Waals surface area contributed by atoms with Crippen LogP contribution in [0.4, 0.5) is 5.95 Å². The molecule has 20 heavy (non-hydrogen) atoms. The van der Waals surface area contributed by atoms with Gasteiger partial charge in [-0.25, -0.2) is 4.98 Å². The second-order valence-electron chi connectivity index (χ2n) is 5.22. The lowest BCUT2D eigenvalue weighted by molar-refractivity contribution is 0.559. The number of unbranched alkanes of at least 4 members (excludes halogenated alkanes) is 1. The summed E-state index contributed by atoms with van der Waals surface area (Å²) < 4.78 is 19.4. The van der Waals surface area contributed by atoms with E-state index in [-0.39, 0.29) is 6.04 Å². The largest absolute Gasteiger partial charge is 0.598 e. The first-order chi connectivity index (χ1) is 9.70. The molecule has 0 aromatic carbocycles. The molecule has 2 heterocycles. The summed E-state index contributed by atoms with van der Waals surface area (Å²) in [6.07, 6.45) is 5.82. The molecule has 1 aromatic rings. The summed E-state index contributed by atoms with van der Waals surface area (Å²) in [7, 11) is 0. The van der Waals surface area contributed by atoms with E-state index in [1.165, 1.54) is 30.8 Å². The van der Waals surface area contributed by atoms with E-state index >= 15 is 0 Å². The molecular weight excluding hydrogens is 292 g/mol. The van der Waals surface area contributed by atoms with Crippen molar-refractivity contribution in [3.05, 3.63) is 5.01 Å². The van der Waals surface area contributed by atoms with Gasteiger partial charge in [0.2, 0.25) is 5.95 Å². The van der Waals surface area contributed by atoms with Gasteiger partial charge in [0, 0.05) is 24.5 Å². The van der Waals surface area contributed by atoms with E-state index in [1.54, 1.807) is 0 Å². The molecule has 1 fully saturated rings. The highest BCUT2D eigenvalue weighted by atomic mass is 32.2. The molecular formula is C13H24N4OS2. The van der Waals surface area contributed by atoms with Crippen LogP contribution in [0, 0.1) is 0 Å². The fourth-order valence-corrected chi connectivity index (χ4v) is 4.13. The topological polar surface area (TPSA) is 64.1 Å². The molecule has 2 rings (SSSR count). The first-order valence-electron chi connectivity index (χ1n) is 7.43. The van der Waals surface area contributed by atoms with Crippen LogP contribution in [0.3, 0.4) is 0 Å². The van der Waals surface area contributed by atoms with Gasteiger partial charge < -0.3 is 9.45 Å². The van der Waals surface area contributed by atoms with E-state index in [1.807, 2.05) is 6.92 Å². The van der Waals surface area contributed by atoms with Crippen molar-refractivity contribution in [1.82, 2.24) is 14.1 Å². The number of nitrogens with one attached hydrogen (secondary N) is 1. The highest BCUT2D eigenvalue weighted by Crippen LogP contribution is 2.22. The average molecular weight is 316 g/mol. The van der Waals surface area contributed by atoms with Crippen molar-refractivity contribution in [2.75, 3.05) is 23.7 Å². The van der Waals surface area contributed by atoms with Gasteiger partial charge in [-0.1, -0.05) is 13.3 Å². The molecule has 7 heteroatoms. The lowest BCUT2D eigenvalue weighted by Crippen LogP contribution is -2.31. The fraction of sp³-hybridized carbons (Fsp3) is 0.846. The number of hydrogen-bond donors (Lipinski definition) is 1. The second kappa shape index (κ2) is 8.17. The van der Waals surface area contributed by atoms with Gasteiger partial charge in [0.05, 0.1) is 0 Å². The molecule has 1 aliphatic heterocycles. The van der Waals surface area contributed by atoms with Crippen molar-refractivity contribution in [2.45, 2.75) is 52.0 Å². The van der Waals surface area contributed by atoms with Crippen molar-refractivity contribution in [3.63, 3.8) is 0 Å². The number of rotatable bonds is 7. The van der Waals surface area contributed by atoms with Crippen LogP contribution in [0.25, 0.3) is 0 Å². The highest BCUT2D eigenvalue weighted by Gasteiger charge is 2.20. The second-order valence-corrected chi connectivity index (χ2v) is 7.34. The minimum absolute atomic E-state index is 0.00345. The number of anilines is 1. The zero-order valence-electron chi connectivity index (χ0n) is 12.3. The van der Waals surface area contributed by atoms with Crippen LogP contribution in [0.5, 0.6) is 0 Å². The van der Waals surface area contributed by atoms with E-state index in [0.29, 0.717) is 5.75 Å². The van der Waals surface area contributed by atoms with Crippen LogP contribution < -0.4 is 9.62 Å². The van der Waals surface area contributed by atoms with E-state index in [9.17, 15) is 4.55 Å². The van der Waals surface area contributed by atoms with E-state index in [4.69, 9.17) is 0 Å². The monoisotopic (exact) mass is 316 g/mol. The standard InChI is InChI=1S/C13H24N4OS2/c1-3-4-10-20(18)16-11(2)12-14-13(15-19-12)17-8-6-5-7-9-17/h11,16H,3-10H2,1-2H3/t11-,20?/m0/s1. The summed E-state index contributed by atoms with van der Waals surface area (Å²) in [5, 5.41) is 0.926. The molecule has 2 atom stereocenters. The van der Waals surface area contributed by atoms with E-state index in [2.05, 4.69) is 25.9 Å². The molecule has 114 valence electrons. The van der Waals surface area contributed by atoms with Crippen LogP contribution in [0.15, 0.2) is 0 Å². The maximum atomic E-state index is 11.8. The molecule has 0 spiro atoms. The van der Waals surface area contributed by atoms with Gasteiger partial charge in [0.15, 0.2) is 0 Å². The third-order valence-electron chi connectivity index (χ3n) is 3.43. The number of aromatic nitrogens is 2. The summed E-state index contributed by atoms with van der Waals surface area (Å²) in [4.78, 5) is 6.86. The Morgan fingerprint density at radius 2 is 2.15 bits per heavy atom. The van der Waals surface area contributed by atoms with Gasteiger partial charge in [-0.2, -0.15) is 4.37 Å². The minimum Gasteiger partial charge on any atom is -0.598 e. The smallest absolute Gasteiger partial charge is 0.237 e. The zero-order valence-corrected chi connectivity index (χ0v) is 13.9.